The maximum Gasteiger partial charge on any atom is 0.305 e. The molecule has 0 rings (SSSR count). The molecular weight excluding hydrogens is 522 g/mol. The molecule has 0 N–H and O–H groups in total. The largest absolute Gasteiger partial charge is 0.465 e. The molecular formula is C37H70NO4+. The van der Waals surface area contributed by atoms with Crippen molar-refractivity contribution in [2.45, 2.75) is 156 Å². The summed E-state index contributed by atoms with van der Waals surface area (Å²) in [4.78, 5) is 25.1. The number of unbranched alkanes of at least 4 members (excludes halogenated alkanes) is 14. The summed E-state index contributed by atoms with van der Waals surface area (Å²) in [5, 5.41) is 0. The lowest BCUT2D eigenvalue weighted by Crippen LogP contribution is -2.49. The van der Waals surface area contributed by atoms with E-state index >= 15 is 0 Å². The van der Waals surface area contributed by atoms with E-state index in [9.17, 15) is 9.59 Å². The molecule has 0 unspecified atom stereocenters. The lowest BCUT2D eigenvalue weighted by molar-refractivity contribution is -0.877. The molecule has 0 aliphatic carbocycles. The molecule has 5 heteroatoms. The fourth-order valence-corrected chi connectivity index (χ4v) is 5.31. The number of hydrogen-bond acceptors (Lipinski definition) is 4. The van der Waals surface area contributed by atoms with E-state index in [0.29, 0.717) is 26.1 Å². The van der Waals surface area contributed by atoms with Gasteiger partial charge in [-0.1, -0.05) is 109 Å². The van der Waals surface area contributed by atoms with Gasteiger partial charge in [0.1, 0.15) is 13.2 Å². The standard InChI is InChI=1S/C37H70NO4/c1-7-10-12-14-16-18-20-22-24-26-28-30-35(39)41-33-37(9-3,32-38(4,5)6)34-42-36(40)31-29-27-25-23-21-19-17-15-13-11-8-2/h14-17H,7-13,18-34H2,1-6H3/q+1/b16-14-,17-15-. The zero-order chi connectivity index (χ0) is 31.4. The van der Waals surface area contributed by atoms with E-state index in [1.165, 1.54) is 89.9 Å². The normalized spacial score (nSPS) is 12.4. The Hall–Kier alpha value is -1.62. The van der Waals surface area contributed by atoms with Crippen LogP contribution in [-0.4, -0.2) is 57.3 Å². The van der Waals surface area contributed by atoms with Gasteiger partial charge in [-0.25, -0.2) is 0 Å². The molecule has 0 spiro atoms. The van der Waals surface area contributed by atoms with Crippen LogP contribution in [0, 0.1) is 5.41 Å². The molecule has 0 fully saturated rings. The molecule has 0 saturated heterocycles. The molecule has 5 nitrogen and oxygen atoms in total. The van der Waals surface area contributed by atoms with Crippen molar-refractivity contribution in [3.63, 3.8) is 0 Å². The first-order valence-corrected chi connectivity index (χ1v) is 17.6. The number of carbonyl (C=O) groups excluding carboxylic acids is 2. The van der Waals surface area contributed by atoms with Crippen molar-refractivity contribution in [1.82, 2.24) is 0 Å². The second-order valence-electron chi connectivity index (χ2n) is 13.5. The number of rotatable bonds is 29. The third-order valence-electron chi connectivity index (χ3n) is 7.92. The summed E-state index contributed by atoms with van der Waals surface area (Å²) in [6.45, 7) is 7.96. The molecule has 0 atom stereocenters. The third-order valence-corrected chi connectivity index (χ3v) is 7.92. The maximum absolute atomic E-state index is 12.5. The molecule has 0 amide bonds. The quantitative estimate of drug-likeness (QED) is 0.0375. The van der Waals surface area contributed by atoms with Gasteiger partial charge in [-0.05, 0) is 57.8 Å². The van der Waals surface area contributed by atoms with Gasteiger partial charge < -0.3 is 14.0 Å². The first-order valence-electron chi connectivity index (χ1n) is 17.6. The summed E-state index contributed by atoms with van der Waals surface area (Å²) in [5.74, 6) is -0.258. The van der Waals surface area contributed by atoms with Crippen LogP contribution < -0.4 is 0 Å². The van der Waals surface area contributed by atoms with Gasteiger partial charge >= 0.3 is 11.9 Å². The summed E-state index contributed by atoms with van der Waals surface area (Å²) in [7, 11) is 6.40. The predicted octanol–water partition coefficient (Wildman–Crippen LogP) is 10.1. The second-order valence-corrected chi connectivity index (χ2v) is 13.5. The van der Waals surface area contributed by atoms with Crippen molar-refractivity contribution in [2.75, 3.05) is 40.9 Å². The van der Waals surface area contributed by atoms with E-state index in [1.54, 1.807) is 0 Å². The van der Waals surface area contributed by atoms with Crippen molar-refractivity contribution in [3.8, 4) is 0 Å². The van der Waals surface area contributed by atoms with Crippen LogP contribution in [0.1, 0.15) is 156 Å². The monoisotopic (exact) mass is 593 g/mol. The van der Waals surface area contributed by atoms with E-state index in [1.807, 2.05) is 0 Å². The molecule has 0 bridgehead atoms. The molecule has 0 aromatic carbocycles. The minimum atomic E-state index is -0.362. The van der Waals surface area contributed by atoms with Crippen LogP contribution in [0.15, 0.2) is 24.3 Å². The number of carbonyl (C=O) groups is 2. The molecule has 0 saturated carbocycles. The van der Waals surface area contributed by atoms with E-state index < -0.39 is 0 Å². The Labute approximate surface area is 261 Å². The van der Waals surface area contributed by atoms with Crippen LogP contribution >= 0.6 is 0 Å². The van der Waals surface area contributed by atoms with Gasteiger partial charge in [-0.2, -0.15) is 0 Å². The number of quaternary nitrogens is 1. The van der Waals surface area contributed by atoms with Gasteiger partial charge in [0.05, 0.1) is 33.1 Å². The molecule has 0 aliphatic rings. The molecule has 42 heavy (non-hydrogen) atoms. The van der Waals surface area contributed by atoms with E-state index in [4.69, 9.17) is 9.47 Å². The Morgan fingerprint density at radius 3 is 1.26 bits per heavy atom. The van der Waals surface area contributed by atoms with Crippen LogP contribution in [0.4, 0.5) is 0 Å². The number of hydrogen-bond donors (Lipinski definition) is 0. The molecule has 246 valence electrons. The fourth-order valence-electron chi connectivity index (χ4n) is 5.31. The summed E-state index contributed by atoms with van der Waals surface area (Å²) in [6, 6.07) is 0. The highest BCUT2D eigenvalue weighted by Gasteiger charge is 2.37. The maximum atomic E-state index is 12.5. The van der Waals surface area contributed by atoms with Crippen LogP contribution in [0.25, 0.3) is 0 Å². The van der Waals surface area contributed by atoms with Crippen molar-refractivity contribution >= 4 is 11.9 Å². The number of esters is 2. The Bertz CT molecular complexity index is 659. The molecule has 0 radical (unpaired) electrons. The molecule has 0 aliphatic heterocycles. The highest BCUT2D eigenvalue weighted by molar-refractivity contribution is 5.69. The first kappa shape index (κ1) is 40.4. The minimum absolute atomic E-state index is 0.129. The van der Waals surface area contributed by atoms with E-state index in [2.05, 4.69) is 66.2 Å². The average Bonchev–Trinajstić information content (AvgIpc) is 2.95. The zero-order valence-corrected chi connectivity index (χ0v) is 28.9. The molecule has 0 heterocycles. The second kappa shape index (κ2) is 27.0. The Morgan fingerprint density at radius 1 is 0.548 bits per heavy atom. The smallest absolute Gasteiger partial charge is 0.305 e. The highest BCUT2D eigenvalue weighted by Crippen LogP contribution is 2.27. The average molecular weight is 593 g/mol. The van der Waals surface area contributed by atoms with Gasteiger partial charge in [0.25, 0.3) is 0 Å². The van der Waals surface area contributed by atoms with Crippen molar-refractivity contribution in [3.05, 3.63) is 24.3 Å². The van der Waals surface area contributed by atoms with Gasteiger partial charge in [0, 0.05) is 12.8 Å². The predicted molar refractivity (Wildman–Crippen MR) is 180 cm³/mol. The van der Waals surface area contributed by atoms with Gasteiger partial charge in [0.2, 0.25) is 0 Å². The number of nitrogens with zero attached hydrogens (tertiary/aromatic N) is 1. The SMILES string of the molecule is CCCC/C=C\CCCCCCCC(=O)OCC(CC)(COC(=O)CCCCCCC/C=C\CCCC)C[N+](C)(C)C. The lowest BCUT2D eigenvalue weighted by atomic mass is 9.85. The van der Waals surface area contributed by atoms with Crippen molar-refractivity contribution in [1.29, 1.82) is 0 Å². The molecule has 0 aromatic rings. The Kier molecular flexibility index (Phi) is 25.9. The lowest BCUT2D eigenvalue weighted by Gasteiger charge is -2.37. The number of allylic oxidation sites excluding steroid dienone is 4. The number of ether oxygens (including phenoxy) is 2. The first-order chi connectivity index (χ1) is 20.2. The van der Waals surface area contributed by atoms with Crippen LogP contribution in [0.5, 0.6) is 0 Å². The summed E-state index contributed by atoms with van der Waals surface area (Å²) in [6.07, 6.45) is 31.9. The molecule has 0 aromatic heterocycles. The summed E-state index contributed by atoms with van der Waals surface area (Å²) < 4.78 is 12.3. The van der Waals surface area contributed by atoms with Crippen molar-refractivity contribution in [2.24, 2.45) is 5.41 Å². The van der Waals surface area contributed by atoms with E-state index in [0.717, 1.165) is 43.1 Å². The highest BCUT2D eigenvalue weighted by atomic mass is 16.5. The summed E-state index contributed by atoms with van der Waals surface area (Å²) in [5.41, 5.74) is -0.362. The Morgan fingerprint density at radius 2 is 0.905 bits per heavy atom. The fraction of sp³-hybridized carbons (Fsp3) is 0.838. The van der Waals surface area contributed by atoms with Gasteiger partial charge in [-0.15, -0.1) is 0 Å². The van der Waals surface area contributed by atoms with Crippen molar-refractivity contribution < 1.29 is 23.5 Å². The zero-order valence-electron chi connectivity index (χ0n) is 28.9. The third kappa shape index (κ3) is 26.0. The van der Waals surface area contributed by atoms with E-state index in [-0.39, 0.29) is 17.4 Å². The van der Waals surface area contributed by atoms with Crippen LogP contribution in [0.2, 0.25) is 0 Å². The van der Waals surface area contributed by atoms with Crippen LogP contribution in [-0.2, 0) is 19.1 Å². The van der Waals surface area contributed by atoms with Crippen LogP contribution in [0.3, 0.4) is 0 Å². The van der Waals surface area contributed by atoms with Gasteiger partial charge in [-0.3, -0.25) is 9.59 Å². The summed E-state index contributed by atoms with van der Waals surface area (Å²) >= 11 is 0. The topological polar surface area (TPSA) is 52.6 Å². The van der Waals surface area contributed by atoms with Gasteiger partial charge in [0.15, 0.2) is 0 Å². The minimum Gasteiger partial charge on any atom is -0.465 e. The Balaban J connectivity index is 4.29.